The maximum absolute atomic E-state index is 13.1. The van der Waals surface area contributed by atoms with E-state index in [0.29, 0.717) is 10.7 Å². The lowest BCUT2D eigenvalue weighted by Crippen LogP contribution is -2.43. The van der Waals surface area contributed by atoms with Gasteiger partial charge in [0.15, 0.2) is 12.1 Å². The number of rotatable bonds is 4. The van der Waals surface area contributed by atoms with Crippen LogP contribution in [0.25, 0.3) is 0 Å². The van der Waals surface area contributed by atoms with Crippen LogP contribution in [0.2, 0.25) is 5.02 Å². The van der Waals surface area contributed by atoms with Crippen molar-refractivity contribution in [1.82, 2.24) is 5.01 Å². The Kier molecular flexibility index (Phi) is 4.52. The van der Waals surface area contributed by atoms with Crippen molar-refractivity contribution in [2.75, 3.05) is 16.8 Å². The molecule has 1 saturated heterocycles. The van der Waals surface area contributed by atoms with Gasteiger partial charge in [0, 0.05) is 10.7 Å². The van der Waals surface area contributed by atoms with Crippen LogP contribution in [-0.2, 0) is 14.4 Å². The summed E-state index contributed by atoms with van der Waals surface area (Å²) in [5, 5.41) is 11.9. The monoisotopic (exact) mass is 401 g/mol. The summed E-state index contributed by atoms with van der Waals surface area (Å²) in [6.07, 6.45) is 0. The molecule has 28 heavy (non-hydrogen) atoms. The molecule has 8 nitrogen and oxygen atoms in total. The van der Waals surface area contributed by atoms with Gasteiger partial charge in [-0.3, -0.25) is 19.4 Å². The lowest BCUT2D eigenvalue weighted by molar-refractivity contribution is -0.123. The average molecular weight is 402 g/mol. The maximum Gasteiger partial charge on any atom is 0.263 e. The maximum atomic E-state index is 13.1. The first-order valence-electron chi connectivity index (χ1n) is 8.30. The molecule has 0 saturated carbocycles. The van der Waals surface area contributed by atoms with Crippen molar-refractivity contribution in [2.45, 2.75) is 12.1 Å². The predicted octanol–water partition coefficient (Wildman–Crippen LogP) is 2.41. The van der Waals surface area contributed by atoms with Gasteiger partial charge in [0.25, 0.3) is 11.8 Å². The van der Waals surface area contributed by atoms with Crippen molar-refractivity contribution in [3.05, 3.63) is 59.4 Å². The van der Waals surface area contributed by atoms with Gasteiger partial charge in [0.1, 0.15) is 12.4 Å². The average Bonchev–Trinajstić information content (AvgIpc) is 3.16. The summed E-state index contributed by atoms with van der Waals surface area (Å²) in [4.78, 5) is 38.6. The molecule has 2 aromatic rings. The minimum Gasteiger partial charge on any atom is -0.324 e. The number of nitrogens with zero attached hydrogens (tertiary/aromatic N) is 4. The van der Waals surface area contributed by atoms with Crippen LogP contribution in [0.15, 0.2) is 58.9 Å². The molecule has 2 atom stereocenters. The fraction of sp³-hybridized carbons (Fsp3) is 0.167. The normalized spacial score (nSPS) is 20.6. The molecular formula is C18H13ClFN5O3. The van der Waals surface area contributed by atoms with Crippen molar-refractivity contribution in [3.63, 3.8) is 0 Å². The number of anilines is 2. The number of hydrogen-bond donors (Lipinski definition) is 1. The highest BCUT2D eigenvalue weighted by molar-refractivity contribution is 6.31. The number of imide groups is 1. The zero-order valence-corrected chi connectivity index (χ0v) is 15.0. The first kappa shape index (κ1) is 18.1. The zero-order chi connectivity index (χ0) is 19.8. The smallest absolute Gasteiger partial charge is 0.263 e. The number of nitrogens with one attached hydrogen (secondary N) is 1. The fourth-order valence-electron chi connectivity index (χ4n) is 3.11. The van der Waals surface area contributed by atoms with Gasteiger partial charge >= 0.3 is 0 Å². The van der Waals surface area contributed by atoms with Crippen LogP contribution in [0.1, 0.15) is 0 Å². The van der Waals surface area contributed by atoms with E-state index in [1.807, 2.05) is 0 Å². The van der Waals surface area contributed by atoms with Gasteiger partial charge in [0.05, 0.1) is 5.69 Å². The Morgan fingerprint density at radius 1 is 1.14 bits per heavy atom. The molecule has 3 amide bonds. The molecule has 0 aliphatic carbocycles. The van der Waals surface area contributed by atoms with Gasteiger partial charge in [-0.25, -0.2) is 9.29 Å². The Hall–Kier alpha value is -3.33. The molecule has 0 radical (unpaired) electrons. The van der Waals surface area contributed by atoms with Gasteiger partial charge in [-0.05, 0) is 42.5 Å². The van der Waals surface area contributed by atoms with Gasteiger partial charge in [-0.1, -0.05) is 22.9 Å². The van der Waals surface area contributed by atoms with Crippen LogP contribution < -0.4 is 10.2 Å². The molecule has 2 aromatic carbocycles. The quantitative estimate of drug-likeness (QED) is 0.796. The first-order chi connectivity index (χ1) is 13.4. The van der Waals surface area contributed by atoms with Gasteiger partial charge in [-0.2, -0.15) is 5.11 Å². The van der Waals surface area contributed by atoms with Crippen molar-refractivity contribution >= 4 is 40.7 Å². The summed E-state index contributed by atoms with van der Waals surface area (Å²) in [7, 11) is 0. The molecule has 142 valence electrons. The molecule has 1 N–H and O–H groups in total. The second-order valence-corrected chi connectivity index (χ2v) is 6.68. The molecule has 0 unspecified atom stereocenters. The third-order valence-electron chi connectivity index (χ3n) is 4.36. The van der Waals surface area contributed by atoms with Crippen LogP contribution in [0.5, 0.6) is 0 Å². The number of amides is 3. The molecule has 0 aromatic heterocycles. The van der Waals surface area contributed by atoms with Crippen LogP contribution in [0, 0.1) is 5.82 Å². The minimum absolute atomic E-state index is 0.240. The summed E-state index contributed by atoms with van der Waals surface area (Å²) in [5.74, 6) is -2.06. The topological polar surface area (TPSA) is 94.4 Å². The molecule has 2 heterocycles. The molecule has 0 bridgehead atoms. The van der Waals surface area contributed by atoms with Crippen LogP contribution in [-0.4, -0.2) is 41.4 Å². The molecular weight excluding hydrogens is 389 g/mol. The van der Waals surface area contributed by atoms with Gasteiger partial charge in [-0.15, -0.1) is 0 Å². The molecule has 4 rings (SSSR count). The number of halogens is 2. The number of carbonyl (C=O) groups is 3. The summed E-state index contributed by atoms with van der Waals surface area (Å²) < 4.78 is 13.1. The van der Waals surface area contributed by atoms with E-state index in [1.54, 1.807) is 24.3 Å². The fourth-order valence-corrected chi connectivity index (χ4v) is 3.30. The summed E-state index contributed by atoms with van der Waals surface area (Å²) in [6, 6.07) is 9.53. The van der Waals surface area contributed by atoms with Crippen molar-refractivity contribution in [2.24, 2.45) is 10.3 Å². The number of benzene rings is 2. The second kappa shape index (κ2) is 7.01. The molecule has 2 aliphatic heterocycles. The highest BCUT2D eigenvalue weighted by Crippen LogP contribution is 2.31. The van der Waals surface area contributed by atoms with E-state index >= 15 is 0 Å². The van der Waals surface area contributed by atoms with E-state index in [9.17, 15) is 18.8 Å². The van der Waals surface area contributed by atoms with Crippen molar-refractivity contribution in [1.29, 1.82) is 0 Å². The molecule has 1 fully saturated rings. The lowest BCUT2D eigenvalue weighted by atomic mass is 10.1. The van der Waals surface area contributed by atoms with E-state index in [4.69, 9.17) is 11.6 Å². The summed E-state index contributed by atoms with van der Waals surface area (Å²) in [5.41, 5.74) is 0.733. The Morgan fingerprint density at radius 2 is 1.89 bits per heavy atom. The highest BCUT2D eigenvalue weighted by atomic mass is 35.5. The largest absolute Gasteiger partial charge is 0.324 e. The van der Waals surface area contributed by atoms with Gasteiger partial charge < -0.3 is 5.32 Å². The number of carbonyl (C=O) groups excluding carboxylic acids is 3. The van der Waals surface area contributed by atoms with Gasteiger partial charge in [0.2, 0.25) is 5.91 Å². The number of fused-ring (bicyclic) bond motifs is 1. The third kappa shape index (κ3) is 3.20. The summed E-state index contributed by atoms with van der Waals surface area (Å²) in [6.45, 7) is -0.270. The van der Waals surface area contributed by atoms with E-state index in [1.165, 1.54) is 17.1 Å². The van der Waals surface area contributed by atoms with E-state index < -0.39 is 35.6 Å². The van der Waals surface area contributed by atoms with E-state index in [2.05, 4.69) is 15.7 Å². The molecule has 0 spiro atoms. The standard InChI is InChI=1S/C18H13ClFN5O3/c19-10-2-1-3-12(8-10)21-14(26)9-24-16-15(22-23-24)17(27)25(18(16)28)13-6-4-11(20)5-7-13/h1-8,15-16H,9H2,(H,21,26)/t15-,16+/m0/s1. The second-order valence-electron chi connectivity index (χ2n) is 6.24. The molecule has 10 heteroatoms. The Bertz CT molecular complexity index is 997. The SMILES string of the molecule is O=C(CN1N=N[C@@H]2C(=O)N(c3ccc(F)cc3)C(=O)[C@@H]21)Nc1cccc(Cl)c1. The van der Waals surface area contributed by atoms with E-state index in [0.717, 1.165) is 17.0 Å². The van der Waals surface area contributed by atoms with E-state index in [-0.39, 0.29) is 12.2 Å². The zero-order valence-electron chi connectivity index (χ0n) is 14.3. The predicted molar refractivity (Wildman–Crippen MR) is 98.1 cm³/mol. The van der Waals surface area contributed by atoms with Crippen LogP contribution in [0.4, 0.5) is 15.8 Å². The lowest BCUT2D eigenvalue weighted by Gasteiger charge is -2.20. The number of hydrogen-bond acceptors (Lipinski definition) is 6. The molecule has 2 aliphatic rings. The Balaban J connectivity index is 1.48. The Morgan fingerprint density at radius 3 is 2.61 bits per heavy atom. The summed E-state index contributed by atoms with van der Waals surface area (Å²) >= 11 is 5.88. The first-order valence-corrected chi connectivity index (χ1v) is 8.68. The van der Waals surface area contributed by atoms with Crippen LogP contribution in [0.3, 0.4) is 0 Å². The minimum atomic E-state index is -1.03. The third-order valence-corrected chi connectivity index (χ3v) is 4.59. The van der Waals surface area contributed by atoms with Crippen molar-refractivity contribution < 1.29 is 18.8 Å². The Labute approximate surface area is 163 Å². The van der Waals surface area contributed by atoms with Crippen molar-refractivity contribution in [3.8, 4) is 0 Å². The van der Waals surface area contributed by atoms with Crippen LogP contribution >= 0.6 is 11.6 Å². The highest BCUT2D eigenvalue weighted by Gasteiger charge is 2.55.